The number of aromatic hydroxyl groups is 2. The minimum absolute atomic E-state index is 0.0463. The van der Waals surface area contributed by atoms with Crippen molar-refractivity contribution in [1.82, 2.24) is 0 Å². The van der Waals surface area contributed by atoms with Gasteiger partial charge in [0.1, 0.15) is 22.8 Å². The van der Waals surface area contributed by atoms with Crippen LogP contribution < -0.4 is 4.74 Å². The van der Waals surface area contributed by atoms with Crippen LogP contribution in [0.5, 0.6) is 17.2 Å². The Morgan fingerprint density at radius 1 is 0.969 bits per heavy atom. The Hall–Kier alpha value is -2.27. The van der Waals surface area contributed by atoms with Crippen LogP contribution in [0.15, 0.2) is 30.4 Å². The van der Waals surface area contributed by atoms with Crippen molar-refractivity contribution in [2.75, 3.05) is 0 Å². The summed E-state index contributed by atoms with van der Waals surface area (Å²) < 4.78 is 5.63. The third kappa shape index (κ3) is 8.01. The van der Waals surface area contributed by atoms with Crippen molar-refractivity contribution < 1.29 is 24.9 Å². The molecule has 0 amide bonds. The molecule has 1 aromatic rings. The van der Waals surface area contributed by atoms with Gasteiger partial charge in [-0.3, -0.25) is 4.79 Å². The summed E-state index contributed by atoms with van der Waals surface area (Å²) in [6, 6.07) is 1.29. The zero-order chi connectivity index (χ0) is 23.4. The maximum Gasteiger partial charge on any atom is 0.215 e. The Labute approximate surface area is 192 Å². The van der Waals surface area contributed by atoms with Crippen LogP contribution in [0.1, 0.15) is 106 Å². The van der Waals surface area contributed by atoms with Crippen LogP contribution in [-0.4, -0.2) is 26.9 Å². The summed E-state index contributed by atoms with van der Waals surface area (Å²) in [6.07, 6.45) is 21.4. The van der Waals surface area contributed by atoms with Gasteiger partial charge in [0.25, 0.3) is 0 Å². The molecule has 3 N–H and O–H groups in total. The van der Waals surface area contributed by atoms with Crippen LogP contribution in [0, 0.1) is 6.92 Å². The summed E-state index contributed by atoms with van der Waals surface area (Å²) in [5.41, 5.74) is 0.282. The number of Topliss-reactive ketones (excluding diaryl/α,β-unsaturated/α-hetero) is 1. The average Bonchev–Trinajstić information content (AvgIpc) is 2.74. The van der Waals surface area contributed by atoms with Crippen molar-refractivity contribution in [3.8, 4) is 17.2 Å². The summed E-state index contributed by atoms with van der Waals surface area (Å²) in [6.45, 7) is 3.75. The number of fused-ring (bicyclic) bond motifs is 1. The monoisotopic (exact) mass is 444 g/mol. The fourth-order valence-corrected chi connectivity index (χ4v) is 4.01. The number of carbonyl (C=O) groups excluding carboxylic acids is 1. The lowest BCUT2D eigenvalue weighted by Gasteiger charge is -2.34. The summed E-state index contributed by atoms with van der Waals surface area (Å²) in [4.78, 5) is 12.5. The van der Waals surface area contributed by atoms with Crippen LogP contribution in [0.25, 0.3) is 0 Å². The molecular formula is C27H40O5. The highest BCUT2D eigenvalue weighted by atomic mass is 16.6. The van der Waals surface area contributed by atoms with Crippen LogP contribution in [-0.2, 0) is 0 Å². The van der Waals surface area contributed by atoms with E-state index in [2.05, 4.69) is 31.2 Å². The first-order valence-electron chi connectivity index (χ1n) is 12.2. The number of allylic oxidation sites excluding steroid dienone is 4. The second kappa shape index (κ2) is 13.3. The molecule has 0 aromatic heterocycles. The number of rotatable bonds is 14. The Morgan fingerprint density at radius 3 is 2.28 bits per heavy atom. The number of ketones is 1. The van der Waals surface area contributed by atoms with Gasteiger partial charge in [-0.1, -0.05) is 63.3 Å². The minimum atomic E-state index is -1.58. The van der Waals surface area contributed by atoms with E-state index in [0.29, 0.717) is 6.42 Å². The molecule has 2 rings (SSSR count). The van der Waals surface area contributed by atoms with Gasteiger partial charge in [0.05, 0.1) is 6.42 Å². The molecule has 178 valence electrons. The molecular weight excluding hydrogens is 404 g/mol. The molecule has 5 nitrogen and oxygen atoms in total. The quantitative estimate of drug-likeness (QED) is 0.215. The molecule has 0 bridgehead atoms. The highest BCUT2D eigenvalue weighted by Crippen LogP contribution is 2.43. The maximum absolute atomic E-state index is 12.5. The summed E-state index contributed by atoms with van der Waals surface area (Å²) >= 11 is 0. The van der Waals surface area contributed by atoms with Crippen molar-refractivity contribution in [2.45, 2.75) is 103 Å². The number of phenolic OH excluding ortho intramolecular Hbond substituents is 2. The van der Waals surface area contributed by atoms with Crippen molar-refractivity contribution in [3.05, 3.63) is 41.5 Å². The standard InChI is InChI=1S/C27H40O5/c1-3-4-5-6-7-8-9-10-11-12-13-14-15-16-17-18-27(31)20-23(29)25-24(32-27)19-22(28)21(2)26(25)30/h7-8,10-11,19,28,30-31H,3-6,9,12-18,20H2,1-2H3/b8-7-,11-10-. The second-order valence-electron chi connectivity index (χ2n) is 8.87. The van der Waals surface area contributed by atoms with Crippen LogP contribution in [0.2, 0.25) is 0 Å². The van der Waals surface area contributed by atoms with Crippen LogP contribution in [0.3, 0.4) is 0 Å². The van der Waals surface area contributed by atoms with E-state index in [9.17, 15) is 20.1 Å². The average molecular weight is 445 g/mol. The van der Waals surface area contributed by atoms with Crippen LogP contribution >= 0.6 is 0 Å². The number of hydrogen-bond acceptors (Lipinski definition) is 5. The van der Waals surface area contributed by atoms with E-state index in [1.54, 1.807) is 0 Å². The molecule has 0 radical (unpaired) electrons. The third-order valence-corrected chi connectivity index (χ3v) is 6.02. The van der Waals surface area contributed by atoms with E-state index in [0.717, 1.165) is 44.9 Å². The fourth-order valence-electron chi connectivity index (χ4n) is 4.01. The number of ether oxygens (including phenoxy) is 1. The molecule has 0 fully saturated rings. The molecule has 1 heterocycles. The number of hydrogen-bond donors (Lipinski definition) is 3. The van der Waals surface area contributed by atoms with Gasteiger partial charge < -0.3 is 20.1 Å². The lowest BCUT2D eigenvalue weighted by molar-refractivity contribution is -0.145. The van der Waals surface area contributed by atoms with E-state index in [1.807, 2.05) is 0 Å². The predicted molar refractivity (Wildman–Crippen MR) is 128 cm³/mol. The Morgan fingerprint density at radius 2 is 1.59 bits per heavy atom. The summed E-state index contributed by atoms with van der Waals surface area (Å²) in [5.74, 6) is -2.33. The molecule has 1 aliphatic heterocycles. The third-order valence-electron chi connectivity index (χ3n) is 6.02. The van der Waals surface area contributed by atoms with Crippen molar-refractivity contribution in [1.29, 1.82) is 0 Å². The number of phenols is 2. The van der Waals surface area contributed by atoms with Gasteiger partial charge >= 0.3 is 0 Å². The SMILES string of the molecule is CCCCC/C=C\C/C=C\CCCCCCCC1(O)CC(=O)c2c(cc(O)c(C)c2O)O1. The first-order chi connectivity index (χ1) is 15.4. The van der Waals surface area contributed by atoms with Gasteiger partial charge in [-0.05, 0) is 45.4 Å². The topological polar surface area (TPSA) is 87.0 Å². The molecule has 0 saturated carbocycles. The Balaban J connectivity index is 1.60. The van der Waals surface area contributed by atoms with Crippen molar-refractivity contribution >= 4 is 5.78 Å². The van der Waals surface area contributed by atoms with Crippen LogP contribution in [0.4, 0.5) is 0 Å². The van der Waals surface area contributed by atoms with E-state index in [1.165, 1.54) is 38.7 Å². The lowest BCUT2D eigenvalue weighted by atomic mass is 9.92. The Kier molecular flexibility index (Phi) is 10.8. The zero-order valence-electron chi connectivity index (χ0n) is 19.7. The van der Waals surface area contributed by atoms with Gasteiger partial charge in [-0.15, -0.1) is 0 Å². The van der Waals surface area contributed by atoms with E-state index >= 15 is 0 Å². The largest absolute Gasteiger partial charge is 0.507 e. The normalized spacial score (nSPS) is 18.4. The molecule has 1 atom stereocenters. The van der Waals surface area contributed by atoms with Gasteiger partial charge in [-0.2, -0.15) is 0 Å². The molecule has 0 aliphatic carbocycles. The highest BCUT2D eigenvalue weighted by molar-refractivity contribution is 6.03. The van der Waals surface area contributed by atoms with E-state index in [4.69, 9.17) is 4.74 Å². The number of unbranched alkanes of at least 4 members (excludes halogenated alkanes) is 8. The smallest absolute Gasteiger partial charge is 0.215 e. The van der Waals surface area contributed by atoms with Gasteiger partial charge in [0.15, 0.2) is 5.78 Å². The summed E-state index contributed by atoms with van der Waals surface area (Å²) in [7, 11) is 0. The predicted octanol–water partition coefficient (Wildman–Crippen LogP) is 6.87. The zero-order valence-corrected chi connectivity index (χ0v) is 19.7. The molecule has 1 unspecified atom stereocenters. The molecule has 0 spiro atoms. The van der Waals surface area contributed by atoms with E-state index < -0.39 is 5.79 Å². The van der Waals surface area contributed by atoms with Crippen molar-refractivity contribution in [3.63, 3.8) is 0 Å². The molecule has 1 aromatic carbocycles. The Bertz CT molecular complexity index is 796. The minimum Gasteiger partial charge on any atom is -0.507 e. The molecule has 32 heavy (non-hydrogen) atoms. The first-order valence-corrected chi connectivity index (χ1v) is 12.2. The number of benzene rings is 1. The highest BCUT2D eigenvalue weighted by Gasteiger charge is 2.40. The maximum atomic E-state index is 12.5. The first kappa shape index (κ1) is 26.0. The lowest BCUT2D eigenvalue weighted by Crippen LogP contribution is -2.41. The number of carbonyl (C=O) groups is 1. The van der Waals surface area contributed by atoms with Crippen molar-refractivity contribution in [2.24, 2.45) is 0 Å². The number of aliphatic hydroxyl groups is 1. The molecule has 0 saturated heterocycles. The van der Waals surface area contributed by atoms with Gasteiger partial charge in [0, 0.05) is 18.1 Å². The fraction of sp³-hybridized carbons (Fsp3) is 0.593. The van der Waals surface area contributed by atoms with E-state index in [-0.39, 0.29) is 40.6 Å². The van der Waals surface area contributed by atoms with Gasteiger partial charge in [-0.25, -0.2) is 0 Å². The second-order valence-corrected chi connectivity index (χ2v) is 8.87. The molecule has 5 heteroatoms. The molecule has 1 aliphatic rings. The van der Waals surface area contributed by atoms with Gasteiger partial charge in [0.2, 0.25) is 5.79 Å². The summed E-state index contributed by atoms with van der Waals surface area (Å²) in [5, 5.41) is 30.7.